The van der Waals surface area contributed by atoms with Crippen LogP contribution in [0.15, 0.2) is 18.2 Å². The Labute approximate surface area is 97.0 Å². The van der Waals surface area contributed by atoms with Crippen LogP contribution in [-0.4, -0.2) is 22.0 Å². The quantitative estimate of drug-likeness (QED) is 0.568. The fourth-order valence-corrected chi connectivity index (χ4v) is 1.17. The second kappa shape index (κ2) is 5.26. The van der Waals surface area contributed by atoms with E-state index in [-0.39, 0.29) is 17.0 Å². The summed E-state index contributed by atoms with van der Waals surface area (Å²) in [5.74, 6) is -0.461. The topological polar surface area (TPSA) is 116 Å². The zero-order valence-electron chi connectivity index (χ0n) is 9.12. The second-order valence-electron chi connectivity index (χ2n) is 3.37. The Hall–Kier alpha value is -2.15. The van der Waals surface area contributed by atoms with Gasteiger partial charge in [-0.05, 0) is 13.0 Å². The molecule has 7 heteroatoms. The highest BCUT2D eigenvalue weighted by Crippen LogP contribution is 2.25. The van der Waals surface area contributed by atoms with Gasteiger partial charge in [-0.3, -0.25) is 14.9 Å². The van der Waals surface area contributed by atoms with Gasteiger partial charge in [0.1, 0.15) is 5.75 Å². The van der Waals surface area contributed by atoms with Crippen molar-refractivity contribution in [2.24, 2.45) is 5.73 Å². The fraction of sp³-hybridized carbons (Fsp3) is 0.300. The minimum atomic E-state index is -0.873. The molecule has 1 aromatic carbocycles. The van der Waals surface area contributed by atoms with Gasteiger partial charge in [0.2, 0.25) is 0 Å². The molecule has 0 aliphatic carbocycles. The molecule has 0 aromatic heterocycles. The highest BCUT2D eigenvalue weighted by atomic mass is 16.6. The number of ether oxygens (including phenoxy) is 1. The molecule has 0 aliphatic rings. The first-order chi connectivity index (χ1) is 7.95. The highest BCUT2D eigenvalue weighted by Gasteiger charge is 2.15. The largest absolute Gasteiger partial charge is 0.481 e. The van der Waals surface area contributed by atoms with Gasteiger partial charge < -0.3 is 15.6 Å². The lowest BCUT2D eigenvalue weighted by molar-refractivity contribution is -0.385. The Morgan fingerprint density at radius 1 is 1.65 bits per heavy atom. The predicted molar refractivity (Wildman–Crippen MR) is 58.3 cm³/mol. The molecule has 1 atom stereocenters. The lowest BCUT2D eigenvalue weighted by Gasteiger charge is -2.13. The molecule has 92 valence electrons. The number of carbonyl (C=O) groups excluding carboxylic acids is 1. The van der Waals surface area contributed by atoms with Gasteiger partial charge in [-0.25, -0.2) is 0 Å². The summed E-state index contributed by atoms with van der Waals surface area (Å²) in [6, 6.07) is 3.73. The Kier molecular flexibility index (Phi) is 4.00. The van der Waals surface area contributed by atoms with E-state index in [4.69, 9.17) is 15.6 Å². The number of non-ortho nitro benzene ring substituents is 1. The molecule has 0 fully saturated rings. The van der Waals surface area contributed by atoms with Crippen LogP contribution in [0.5, 0.6) is 5.75 Å². The fourth-order valence-electron chi connectivity index (χ4n) is 1.17. The molecular formula is C10H12N2O5. The number of nitrogens with two attached hydrogens (primary N) is 1. The normalized spacial score (nSPS) is 11.9. The van der Waals surface area contributed by atoms with Crippen molar-refractivity contribution in [1.82, 2.24) is 0 Å². The summed E-state index contributed by atoms with van der Waals surface area (Å²) >= 11 is 0. The van der Waals surface area contributed by atoms with E-state index >= 15 is 0 Å². The van der Waals surface area contributed by atoms with Crippen LogP contribution in [0.3, 0.4) is 0 Å². The Morgan fingerprint density at radius 3 is 2.76 bits per heavy atom. The maximum Gasteiger partial charge on any atom is 0.270 e. The van der Waals surface area contributed by atoms with Gasteiger partial charge >= 0.3 is 0 Å². The number of amides is 1. The molecule has 0 bridgehead atoms. The summed E-state index contributed by atoms with van der Waals surface area (Å²) in [6.07, 6.45) is -0.873. The zero-order valence-corrected chi connectivity index (χ0v) is 9.12. The van der Waals surface area contributed by atoms with Crippen LogP contribution in [0.1, 0.15) is 12.5 Å². The maximum absolute atomic E-state index is 10.8. The average Bonchev–Trinajstić information content (AvgIpc) is 2.28. The van der Waals surface area contributed by atoms with E-state index in [0.717, 1.165) is 0 Å². The number of nitro groups is 1. The van der Waals surface area contributed by atoms with E-state index in [2.05, 4.69) is 0 Å². The summed E-state index contributed by atoms with van der Waals surface area (Å²) in [6.45, 7) is 1.02. The lowest BCUT2D eigenvalue weighted by atomic mass is 10.2. The summed E-state index contributed by atoms with van der Waals surface area (Å²) in [4.78, 5) is 20.7. The Morgan fingerprint density at radius 2 is 2.29 bits per heavy atom. The van der Waals surface area contributed by atoms with Crippen LogP contribution in [0.4, 0.5) is 5.69 Å². The van der Waals surface area contributed by atoms with Gasteiger partial charge in [0.15, 0.2) is 6.10 Å². The molecule has 0 radical (unpaired) electrons. The monoisotopic (exact) mass is 240 g/mol. The number of primary amides is 1. The molecule has 0 aliphatic heterocycles. The summed E-state index contributed by atoms with van der Waals surface area (Å²) < 4.78 is 5.18. The summed E-state index contributed by atoms with van der Waals surface area (Å²) in [5, 5.41) is 19.6. The molecule has 17 heavy (non-hydrogen) atoms. The smallest absolute Gasteiger partial charge is 0.270 e. The molecule has 1 amide bonds. The lowest BCUT2D eigenvalue weighted by Crippen LogP contribution is -2.30. The molecule has 3 N–H and O–H groups in total. The number of aliphatic hydroxyl groups excluding tert-OH is 1. The number of aliphatic hydroxyl groups is 1. The third-order valence-electron chi connectivity index (χ3n) is 2.13. The summed E-state index contributed by atoms with van der Waals surface area (Å²) in [7, 11) is 0. The van der Waals surface area contributed by atoms with Crippen molar-refractivity contribution in [1.29, 1.82) is 0 Å². The minimum absolute atomic E-state index is 0.159. The number of benzene rings is 1. The predicted octanol–water partition coefficient (Wildman–Crippen LogP) is 0.340. The highest BCUT2D eigenvalue weighted by molar-refractivity contribution is 5.78. The standard InChI is InChI=1S/C10H12N2O5/c1-6(10(11)14)17-9-3-2-8(12(15)16)4-7(9)5-13/h2-4,6,13H,5H2,1H3,(H2,11,14). The van der Waals surface area contributed by atoms with Crippen molar-refractivity contribution in [3.05, 3.63) is 33.9 Å². The van der Waals surface area contributed by atoms with Gasteiger partial charge in [0, 0.05) is 17.7 Å². The van der Waals surface area contributed by atoms with Crippen molar-refractivity contribution in [3.8, 4) is 5.75 Å². The van der Waals surface area contributed by atoms with Crippen LogP contribution in [0.25, 0.3) is 0 Å². The van der Waals surface area contributed by atoms with Gasteiger partial charge in [-0.15, -0.1) is 0 Å². The minimum Gasteiger partial charge on any atom is -0.481 e. The van der Waals surface area contributed by atoms with Crippen LogP contribution < -0.4 is 10.5 Å². The summed E-state index contributed by atoms with van der Waals surface area (Å²) in [5.41, 5.74) is 5.09. The average molecular weight is 240 g/mol. The first-order valence-electron chi connectivity index (χ1n) is 4.80. The number of nitro benzene ring substituents is 1. The SMILES string of the molecule is CC(Oc1ccc([N+](=O)[O-])cc1CO)C(N)=O. The first kappa shape index (κ1) is 12.9. The number of carbonyl (C=O) groups is 1. The van der Waals surface area contributed by atoms with Crippen molar-refractivity contribution in [2.75, 3.05) is 0 Å². The zero-order chi connectivity index (χ0) is 13.0. The van der Waals surface area contributed by atoms with Crippen molar-refractivity contribution < 1.29 is 19.6 Å². The van der Waals surface area contributed by atoms with Crippen molar-refractivity contribution >= 4 is 11.6 Å². The number of hydrogen-bond donors (Lipinski definition) is 2. The Bertz CT molecular complexity index is 446. The molecule has 1 rings (SSSR count). The molecule has 1 aromatic rings. The van der Waals surface area contributed by atoms with E-state index in [1.807, 2.05) is 0 Å². The third kappa shape index (κ3) is 3.15. The third-order valence-corrected chi connectivity index (χ3v) is 2.13. The molecule has 0 saturated heterocycles. The van der Waals surface area contributed by atoms with Crippen LogP contribution >= 0.6 is 0 Å². The van der Waals surface area contributed by atoms with E-state index in [9.17, 15) is 14.9 Å². The number of nitrogens with zero attached hydrogens (tertiary/aromatic N) is 1. The van der Waals surface area contributed by atoms with Crippen molar-refractivity contribution in [2.45, 2.75) is 19.6 Å². The van der Waals surface area contributed by atoms with Gasteiger partial charge in [-0.2, -0.15) is 0 Å². The molecule has 0 spiro atoms. The van der Waals surface area contributed by atoms with E-state index in [1.54, 1.807) is 0 Å². The van der Waals surface area contributed by atoms with Crippen LogP contribution in [-0.2, 0) is 11.4 Å². The van der Waals surface area contributed by atoms with E-state index in [0.29, 0.717) is 0 Å². The van der Waals surface area contributed by atoms with E-state index < -0.39 is 23.5 Å². The molecular weight excluding hydrogens is 228 g/mol. The molecule has 1 unspecified atom stereocenters. The second-order valence-corrected chi connectivity index (χ2v) is 3.37. The molecule has 0 heterocycles. The number of hydrogen-bond acceptors (Lipinski definition) is 5. The van der Waals surface area contributed by atoms with Gasteiger partial charge in [-0.1, -0.05) is 0 Å². The maximum atomic E-state index is 10.8. The van der Waals surface area contributed by atoms with Crippen LogP contribution in [0, 0.1) is 10.1 Å². The Balaban J connectivity index is 3.00. The number of rotatable bonds is 5. The van der Waals surface area contributed by atoms with Gasteiger partial charge in [0.25, 0.3) is 11.6 Å². The molecule has 7 nitrogen and oxygen atoms in total. The molecule has 0 saturated carbocycles. The first-order valence-corrected chi connectivity index (χ1v) is 4.80. The van der Waals surface area contributed by atoms with Gasteiger partial charge in [0.05, 0.1) is 11.5 Å². The van der Waals surface area contributed by atoms with Crippen molar-refractivity contribution in [3.63, 3.8) is 0 Å². The van der Waals surface area contributed by atoms with E-state index in [1.165, 1.54) is 25.1 Å². The van der Waals surface area contributed by atoms with Crippen LogP contribution in [0.2, 0.25) is 0 Å².